The molecule has 1 heterocycles. The van der Waals surface area contributed by atoms with Crippen LogP contribution in [0.25, 0.3) is 0 Å². The van der Waals surface area contributed by atoms with Gasteiger partial charge in [-0.1, -0.05) is 42.5 Å². The Labute approximate surface area is 121 Å². The molecule has 0 saturated heterocycles. The van der Waals surface area contributed by atoms with E-state index in [2.05, 4.69) is 5.32 Å². The van der Waals surface area contributed by atoms with Crippen LogP contribution in [0.15, 0.2) is 48.5 Å². The third-order valence-corrected chi connectivity index (χ3v) is 3.74. The van der Waals surface area contributed by atoms with Crippen LogP contribution in [0.3, 0.4) is 0 Å². The van der Waals surface area contributed by atoms with E-state index < -0.39 is 23.4 Å². The molecular weight excluding hydrogens is 273 g/mol. The molecular formula is C16H14FNO3. The van der Waals surface area contributed by atoms with E-state index in [-0.39, 0.29) is 11.3 Å². The predicted octanol–water partition coefficient (Wildman–Crippen LogP) is 2.03. The molecule has 0 aromatic heterocycles. The van der Waals surface area contributed by atoms with Crippen molar-refractivity contribution < 1.29 is 19.0 Å². The number of nitrogens with one attached hydrogen (secondary N) is 1. The first kappa shape index (κ1) is 13.7. The van der Waals surface area contributed by atoms with Gasteiger partial charge in [0.05, 0.1) is 5.69 Å². The molecule has 1 amide bonds. The highest BCUT2D eigenvalue weighted by atomic mass is 19.1. The second kappa shape index (κ2) is 4.95. The Bertz CT molecular complexity index is 689. The van der Waals surface area contributed by atoms with E-state index >= 15 is 0 Å². The molecule has 1 aliphatic rings. The van der Waals surface area contributed by atoms with Gasteiger partial charge in [0.2, 0.25) is 0 Å². The van der Waals surface area contributed by atoms with Gasteiger partial charge in [0.15, 0.2) is 11.7 Å². The van der Waals surface area contributed by atoms with Gasteiger partial charge >= 0.3 is 0 Å². The molecule has 2 aromatic rings. The normalized spacial score (nSPS) is 24.3. The van der Waals surface area contributed by atoms with Crippen LogP contribution in [0.2, 0.25) is 0 Å². The molecule has 0 fully saturated rings. The Kier molecular flexibility index (Phi) is 3.23. The van der Waals surface area contributed by atoms with E-state index in [4.69, 9.17) is 4.74 Å². The van der Waals surface area contributed by atoms with Crippen molar-refractivity contribution in [3.63, 3.8) is 0 Å². The summed E-state index contributed by atoms with van der Waals surface area (Å²) in [4.78, 5) is 12.2. The molecule has 108 valence electrons. The standard InChI is InChI=1S/C16H14FNO3/c1-21-14-15(19)18-13-11(8-5-9-12(13)17)16(14,20)10-6-3-2-4-7-10/h2-9,14,20H,1H3,(H,18,19). The van der Waals surface area contributed by atoms with Gasteiger partial charge < -0.3 is 15.2 Å². The van der Waals surface area contributed by atoms with Crippen LogP contribution in [0.5, 0.6) is 0 Å². The van der Waals surface area contributed by atoms with Crippen molar-refractivity contribution in [1.29, 1.82) is 0 Å². The summed E-state index contributed by atoms with van der Waals surface area (Å²) >= 11 is 0. The third-order valence-electron chi connectivity index (χ3n) is 3.74. The van der Waals surface area contributed by atoms with E-state index in [9.17, 15) is 14.3 Å². The highest BCUT2D eigenvalue weighted by molar-refractivity contribution is 5.99. The molecule has 0 saturated carbocycles. The van der Waals surface area contributed by atoms with Gasteiger partial charge in [-0.2, -0.15) is 0 Å². The second-order valence-corrected chi connectivity index (χ2v) is 4.90. The molecule has 4 nitrogen and oxygen atoms in total. The van der Waals surface area contributed by atoms with Crippen molar-refractivity contribution in [2.75, 3.05) is 12.4 Å². The topological polar surface area (TPSA) is 58.6 Å². The van der Waals surface area contributed by atoms with E-state index in [0.29, 0.717) is 5.56 Å². The summed E-state index contributed by atoms with van der Waals surface area (Å²) in [5, 5.41) is 13.7. The van der Waals surface area contributed by atoms with Gasteiger partial charge in [-0.05, 0) is 11.6 Å². The van der Waals surface area contributed by atoms with Crippen molar-refractivity contribution in [3.8, 4) is 0 Å². The Hall–Kier alpha value is -2.24. The van der Waals surface area contributed by atoms with Crippen LogP contribution in [0.4, 0.5) is 10.1 Å². The van der Waals surface area contributed by atoms with E-state index in [1.807, 2.05) is 0 Å². The van der Waals surface area contributed by atoms with Crippen LogP contribution in [0.1, 0.15) is 11.1 Å². The number of halogens is 1. The average Bonchev–Trinajstić information content (AvgIpc) is 2.50. The number of carbonyl (C=O) groups excluding carboxylic acids is 1. The van der Waals surface area contributed by atoms with Crippen LogP contribution in [0, 0.1) is 5.82 Å². The van der Waals surface area contributed by atoms with E-state index in [0.717, 1.165) is 0 Å². The van der Waals surface area contributed by atoms with Gasteiger partial charge in [-0.25, -0.2) is 4.39 Å². The number of benzene rings is 2. The lowest BCUT2D eigenvalue weighted by Crippen LogP contribution is -2.53. The Morgan fingerprint density at radius 3 is 2.57 bits per heavy atom. The number of ether oxygens (including phenoxy) is 1. The van der Waals surface area contributed by atoms with Crippen molar-refractivity contribution in [3.05, 3.63) is 65.5 Å². The maximum Gasteiger partial charge on any atom is 0.257 e. The number of anilines is 1. The number of carbonyl (C=O) groups is 1. The summed E-state index contributed by atoms with van der Waals surface area (Å²) in [6, 6.07) is 12.9. The number of para-hydroxylation sites is 1. The van der Waals surface area contributed by atoms with Crippen LogP contribution < -0.4 is 5.32 Å². The van der Waals surface area contributed by atoms with Gasteiger partial charge in [0, 0.05) is 12.7 Å². The lowest BCUT2D eigenvalue weighted by Gasteiger charge is -2.40. The van der Waals surface area contributed by atoms with E-state index in [1.54, 1.807) is 36.4 Å². The Morgan fingerprint density at radius 2 is 1.90 bits per heavy atom. The monoisotopic (exact) mass is 287 g/mol. The largest absolute Gasteiger partial charge is 0.377 e. The highest BCUT2D eigenvalue weighted by Crippen LogP contribution is 2.42. The summed E-state index contributed by atoms with van der Waals surface area (Å²) < 4.78 is 19.2. The molecule has 0 aliphatic carbocycles. The van der Waals surface area contributed by atoms with Gasteiger partial charge in [-0.15, -0.1) is 0 Å². The zero-order chi connectivity index (χ0) is 15.0. The molecule has 0 bridgehead atoms. The molecule has 5 heteroatoms. The van der Waals surface area contributed by atoms with Crippen molar-refractivity contribution in [2.45, 2.75) is 11.7 Å². The molecule has 2 N–H and O–H groups in total. The molecule has 0 spiro atoms. The number of hydrogen-bond donors (Lipinski definition) is 2. The third kappa shape index (κ3) is 1.93. The van der Waals surface area contributed by atoms with Gasteiger partial charge in [0.25, 0.3) is 5.91 Å². The number of methoxy groups -OCH3 is 1. The fourth-order valence-electron chi connectivity index (χ4n) is 2.77. The van der Waals surface area contributed by atoms with E-state index in [1.165, 1.54) is 19.2 Å². The van der Waals surface area contributed by atoms with Gasteiger partial charge in [0.1, 0.15) is 5.82 Å². The number of amides is 1. The molecule has 2 unspecified atom stereocenters. The first-order valence-corrected chi connectivity index (χ1v) is 6.49. The molecule has 1 aliphatic heterocycles. The van der Waals surface area contributed by atoms with Crippen LogP contribution >= 0.6 is 0 Å². The maximum absolute atomic E-state index is 14.0. The molecule has 21 heavy (non-hydrogen) atoms. The molecule has 0 radical (unpaired) electrons. The summed E-state index contributed by atoms with van der Waals surface area (Å²) in [5.41, 5.74) is -1.00. The first-order valence-electron chi connectivity index (χ1n) is 6.49. The summed E-state index contributed by atoms with van der Waals surface area (Å²) in [6.45, 7) is 0. The number of hydrogen-bond acceptors (Lipinski definition) is 3. The molecule has 2 aromatic carbocycles. The minimum Gasteiger partial charge on any atom is -0.377 e. The first-order chi connectivity index (χ1) is 10.1. The minimum absolute atomic E-state index is 0.0119. The smallest absolute Gasteiger partial charge is 0.257 e. The number of aliphatic hydroxyl groups is 1. The summed E-state index contributed by atoms with van der Waals surface area (Å²) in [6.07, 6.45) is -1.16. The lowest BCUT2D eigenvalue weighted by molar-refractivity contribution is -0.142. The zero-order valence-corrected chi connectivity index (χ0v) is 11.3. The van der Waals surface area contributed by atoms with Crippen LogP contribution in [-0.2, 0) is 15.1 Å². The number of fused-ring (bicyclic) bond motifs is 1. The van der Waals surface area contributed by atoms with Crippen molar-refractivity contribution >= 4 is 11.6 Å². The molecule has 2 atom stereocenters. The summed E-state index contributed by atoms with van der Waals surface area (Å²) in [5.74, 6) is -1.17. The zero-order valence-electron chi connectivity index (χ0n) is 11.3. The van der Waals surface area contributed by atoms with Crippen LogP contribution in [-0.4, -0.2) is 24.2 Å². The Balaban J connectivity index is 2.30. The Morgan fingerprint density at radius 1 is 1.19 bits per heavy atom. The summed E-state index contributed by atoms with van der Waals surface area (Å²) in [7, 11) is 1.34. The van der Waals surface area contributed by atoms with Crippen molar-refractivity contribution in [2.24, 2.45) is 0 Å². The SMILES string of the molecule is COC1C(=O)Nc2c(F)cccc2C1(O)c1ccccc1. The maximum atomic E-state index is 14.0. The van der Waals surface area contributed by atoms with Crippen molar-refractivity contribution in [1.82, 2.24) is 0 Å². The lowest BCUT2D eigenvalue weighted by atomic mass is 9.78. The quantitative estimate of drug-likeness (QED) is 0.888. The predicted molar refractivity (Wildman–Crippen MR) is 75.3 cm³/mol. The van der Waals surface area contributed by atoms with Gasteiger partial charge in [-0.3, -0.25) is 4.79 Å². The number of rotatable bonds is 2. The average molecular weight is 287 g/mol. The molecule has 3 rings (SSSR count). The fraction of sp³-hybridized carbons (Fsp3) is 0.188. The fourth-order valence-corrected chi connectivity index (χ4v) is 2.77. The minimum atomic E-state index is -1.74. The second-order valence-electron chi connectivity index (χ2n) is 4.90. The highest BCUT2D eigenvalue weighted by Gasteiger charge is 2.50.